The highest BCUT2D eigenvalue weighted by Crippen LogP contribution is 2.27. The number of benzene rings is 2. The van der Waals surface area contributed by atoms with Crippen LogP contribution in [0.3, 0.4) is 0 Å². The first kappa shape index (κ1) is 21.9. The highest BCUT2D eigenvalue weighted by Gasteiger charge is 2.21. The van der Waals surface area contributed by atoms with E-state index in [9.17, 15) is 5.11 Å². The summed E-state index contributed by atoms with van der Waals surface area (Å²) < 4.78 is 5.46. The molecule has 0 saturated carbocycles. The number of piperazine rings is 1. The van der Waals surface area contributed by atoms with E-state index >= 15 is 0 Å². The zero-order chi connectivity index (χ0) is 20.1. The maximum atomic E-state index is 10.1. The van der Waals surface area contributed by atoms with Crippen molar-refractivity contribution in [2.45, 2.75) is 6.54 Å². The number of aliphatic imine (C=N–C) groups is 1. The normalized spacial score (nSPS) is 14.4. The van der Waals surface area contributed by atoms with Crippen LogP contribution in [0.5, 0.6) is 5.75 Å². The second kappa shape index (κ2) is 10.3. The van der Waals surface area contributed by atoms with Gasteiger partial charge in [0, 0.05) is 44.9 Å². The summed E-state index contributed by atoms with van der Waals surface area (Å²) in [6, 6.07) is 19.4. The molecule has 0 radical (unpaired) electrons. The van der Waals surface area contributed by atoms with Gasteiger partial charge in [-0.1, -0.05) is 47.6 Å². The van der Waals surface area contributed by atoms with E-state index in [1.165, 1.54) is 0 Å². The summed E-state index contributed by atoms with van der Waals surface area (Å²) in [7, 11) is 1.79. The van der Waals surface area contributed by atoms with Crippen LogP contribution >= 0.6 is 24.0 Å². The van der Waals surface area contributed by atoms with E-state index in [1.54, 1.807) is 13.1 Å². The molecule has 2 heterocycles. The molecule has 0 atom stereocenters. The summed E-state index contributed by atoms with van der Waals surface area (Å²) >= 11 is 0. The van der Waals surface area contributed by atoms with Crippen LogP contribution in [0.15, 0.2) is 70.2 Å². The fourth-order valence-corrected chi connectivity index (χ4v) is 3.53. The highest BCUT2D eigenvalue weighted by molar-refractivity contribution is 14.0. The third-order valence-corrected chi connectivity index (χ3v) is 5.06. The van der Waals surface area contributed by atoms with Crippen molar-refractivity contribution >= 4 is 35.6 Å². The van der Waals surface area contributed by atoms with Crippen molar-refractivity contribution < 1.29 is 9.63 Å². The summed E-state index contributed by atoms with van der Waals surface area (Å²) in [5, 5.41) is 17.6. The molecule has 2 aromatic carbocycles. The zero-order valence-electron chi connectivity index (χ0n) is 16.9. The van der Waals surface area contributed by atoms with Gasteiger partial charge in [0.25, 0.3) is 0 Å². The minimum Gasteiger partial charge on any atom is -0.506 e. The van der Waals surface area contributed by atoms with E-state index in [1.807, 2.05) is 54.6 Å². The third-order valence-electron chi connectivity index (χ3n) is 5.06. The average Bonchev–Trinajstić information content (AvgIpc) is 3.25. The fourth-order valence-electron chi connectivity index (χ4n) is 3.53. The molecule has 1 saturated heterocycles. The molecule has 8 heteroatoms. The smallest absolute Gasteiger partial charge is 0.194 e. The molecule has 3 aromatic rings. The summed E-state index contributed by atoms with van der Waals surface area (Å²) in [5.41, 5.74) is 2.72. The first-order valence-electron chi connectivity index (χ1n) is 9.74. The standard InChI is InChI=1S/C22H25N5O2.HI/c1-23-22(24-16-18-15-21(29-25-18)17-7-3-2-4-8-17)27-13-11-26(12-14-27)19-9-5-6-10-20(19)28;/h2-10,15,28H,11-14,16H2,1H3,(H,23,24);1H. The Morgan fingerprint density at radius 1 is 1.07 bits per heavy atom. The lowest BCUT2D eigenvalue weighted by atomic mass is 10.2. The molecule has 2 N–H and O–H groups in total. The van der Waals surface area contributed by atoms with Gasteiger partial charge < -0.3 is 24.7 Å². The first-order chi connectivity index (χ1) is 14.2. The molecule has 0 unspecified atom stereocenters. The summed E-state index contributed by atoms with van der Waals surface area (Å²) in [4.78, 5) is 8.83. The molecule has 1 aromatic heterocycles. The molecule has 1 aliphatic rings. The predicted octanol–water partition coefficient (Wildman–Crippen LogP) is 3.56. The number of hydrogen-bond acceptors (Lipinski definition) is 5. The second-order valence-electron chi connectivity index (χ2n) is 6.91. The van der Waals surface area contributed by atoms with E-state index in [0.717, 1.165) is 54.8 Å². The van der Waals surface area contributed by atoms with E-state index in [2.05, 4.69) is 25.3 Å². The molecule has 7 nitrogen and oxygen atoms in total. The lowest BCUT2D eigenvalue weighted by Crippen LogP contribution is -2.52. The quantitative estimate of drug-likeness (QED) is 0.312. The molecule has 1 aliphatic heterocycles. The van der Waals surface area contributed by atoms with E-state index < -0.39 is 0 Å². The number of phenolic OH excluding ortho intramolecular Hbond substituents is 1. The molecular weight excluding hydrogens is 493 g/mol. The molecule has 0 aliphatic carbocycles. The van der Waals surface area contributed by atoms with Crippen LogP contribution in [0.4, 0.5) is 5.69 Å². The van der Waals surface area contributed by atoms with Crippen LogP contribution < -0.4 is 10.2 Å². The lowest BCUT2D eigenvalue weighted by Gasteiger charge is -2.37. The number of aromatic nitrogens is 1. The second-order valence-corrected chi connectivity index (χ2v) is 6.91. The number of halogens is 1. The summed E-state index contributed by atoms with van der Waals surface area (Å²) in [6.07, 6.45) is 0. The van der Waals surface area contributed by atoms with Crippen LogP contribution in [0.1, 0.15) is 5.69 Å². The van der Waals surface area contributed by atoms with Gasteiger partial charge in [0.05, 0.1) is 12.2 Å². The number of nitrogens with one attached hydrogen (secondary N) is 1. The predicted molar refractivity (Wildman–Crippen MR) is 129 cm³/mol. The van der Waals surface area contributed by atoms with Crippen molar-refractivity contribution in [1.82, 2.24) is 15.4 Å². The van der Waals surface area contributed by atoms with Crippen molar-refractivity contribution in [1.29, 1.82) is 0 Å². The minimum absolute atomic E-state index is 0. The van der Waals surface area contributed by atoms with Gasteiger partial charge in [-0.25, -0.2) is 0 Å². The monoisotopic (exact) mass is 519 g/mol. The van der Waals surface area contributed by atoms with Crippen molar-refractivity contribution in [2.75, 3.05) is 38.1 Å². The molecule has 0 bridgehead atoms. The fraction of sp³-hybridized carbons (Fsp3) is 0.273. The molecular formula is C22H26IN5O2. The Labute approximate surface area is 193 Å². The van der Waals surface area contributed by atoms with Gasteiger partial charge in [-0.3, -0.25) is 4.99 Å². The molecule has 4 rings (SSSR count). The number of nitrogens with zero attached hydrogens (tertiary/aromatic N) is 4. The number of para-hydroxylation sites is 2. The Hall–Kier alpha value is -2.75. The first-order valence-corrected chi connectivity index (χ1v) is 9.74. The molecule has 0 spiro atoms. The number of hydrogen-bond donors (Lipinski definition) is 2. The average molecular weight is 519 g/mol. The number of aromatic hydroxyl groups is 1. The molecule has 30 heavy (non-hydrogen) atoms. The lowest BCUT2D eigenvalue weighted by molar-refractivity contribution is 0.368. The SMILES string of the molecule is CN=C(NCc1cc(-c2ccccc2)on1)N1CCN(c2ccccc2O)CC1.I. The van der Waals surface area contributed by atoms with Gasteiger partial charge in [-0.15, -0.1) is 24.0 Å². The van der Waals surface area contributed by atoms with Crippen LogP contribution in [0.2, 0.25) is 0 Å². The third kappa shape index (κ3) is 5.05. The highest BCUT2D eigenvalue weighted by atomic mass is 127. The topological polar surface area (TPSA) is 77.1 Å². The zero-order valence-corrected chi connectivity index (χ0v) is 19.2. The Bertz CT molecular complexity index is 968. The van der Waals surface area contributed by atoms with Crippen molar-refractivity contribution in [2.24, 2.45) is 4.99 Å². The van der Waals surface area contributed by atoms with Crippen LogP contribution in [-0.2, 0) is 6.54 Å². The maximum Gasteiger partial charge on any atom is 0.194 e. The Balaban J connectivity index is 0.00000256. The summed E-state index contributed by atoms with van der Waals surface area (Å²) in [6.45, 7) is 3.83. The number of anilines is 1. The van der Waals surface area contributed by atoms with Gasteiger partial charge in [-0.05, 0) is 12.1 Å². The van der Waals surface area contributed by atoms with Gasteiger partial charge in [0.2, 0.25) is 0 Å². The van der Waals surface area contributed by atoms with Crippen LogP contribution in [0, 0.1) is 0 Å². The summed E-state index contributed by atoms with van der Waals surface area (Å²) in [5.74, 6) is 1.92. The molecule has 1 fully saturated rings. The Kier molecular flexibility index (Phi) is 7.56. The molecule has 0 amide bonds. The number of rotatable bonds is 4. The Morgan fingerprint density at radius 2 is 1.77 bits per heavy atom. The van der Waals surface area contributed by atoms with Gasteiger partial charge in [0.15, 0.2) is 11.7 Å². The van der Waals surface area contributed by atoms with Gasteiger partial charge in [0.1, 0.15) is 11.4 Å². The Morgan fingerprint density at radius 3 is 2.47 bits per heavy atom. The van der Waals surface area contributed by atoms with Crippen molar-refractivity contribution in [3.63, 3.8) is 0 Å². The van der Waals surface area contributed by atoms with Gasteiger partial charge >= 0.3 is 0 Å². The van der Waals surface area contributed by atoms with Crippen molar-refractivity contribution in [3.05, 3.63) is 66.4 Å². The van der Waals surface area contributed by atoms with E-state index in [4.69, 9.17) is 4.52 Å². The largest absolute Gasteiger partial charge is 0.506 e. The minimum atomic E-state index is 0. The maximum absolute atomic E-state index is 10.1. The van der Waals surface area contributed by atoms with Crippen LogP contribution in [0.25, 0.3) is 11.3 Å². The van der Waals surface area contributed by atoms with E-state index in [0.29, 0.717) is 12.3 Å². The van der Waals surface area contributed by atoms with Gasteiger partial charge in [-0.2, -0.15) is 0 Å². The van der Waals surface area contributed by atoms with Crippen LogP contribution in [-0.4, -0.2) is 54.3 Å². The molecule has 158 valence electrons. The van der Waals surface area contributed by atoms with E-state index in [-0.39, 0.29) is 24.0 Å². The van der Waals surface area contributed by atoms with Crippen molar-refractivity contribution in [3.8, 4) is 17.1 Å². The number of guanidine groups is 1. The number of phenols is 1.